The third-order valence-electron chi connectivity index (χ3n) is 2.61. The van der Waals surface area contributed by atoms with Crippen LogP contribution in [0.4, 0.5) is 0 Å². The molecule has 0 aliphatic heterocycles. The molecule has 1 amide bonds. The number of carbonyl (C=O) groups excluding carboxylic acids is 1. The smallest absolute Gasteiger partial charge is 0.224 e. The minimum atomic E-state index is 0.0500. The summed E-state index contributed by atoms with van der Waals surface area (Å²) in [6, 6.07) is 3.80. The molecule has 0 N–H and O–H groups in total. The maximum absolute atomic E-state index is 11.7. The van der Waals surface area contributed by atoms with E-state index in [4.69, 9.17) is 4.74 Å². The van der Waals surface area contributed by atoms with Crippen molar-refractivity contribution in [2.75, 3.05) is 20.7 Å². The Morgan fingerprint density at radius 1 is 1.47 bits per heavy atom. The van der Waals surface area contributed by atoms with Crippen LogP contribution in [0.5, 0.6) is 5.88 Å². The van der Waals surface area contributed by atoms with Crippen molar-refractivity contribution in [1.82, 2.24) is 9.88 Å². The van der Waals surface area contributed by atoms with Crippen LogP contribution < -0.4 is 4.74 Å². The predicted molar refractivity (Wildman–Crippen MR) is 67.0 cm³/mol. The van der Waals surface area contributed by atoms with Gasteiger partial charge in [0.25, 0.3) is 0 Å². The Labute approximate surface area is 103 Å². The molecular formula is C13H20N2O2. The van der Waals surface area contributed by atoms with Crippen LogP contribution in [0.1, 0.15) is 19.4 Å². The first-order valence-electron chi connectivity index (χ1n) is 5.78. The minimum Gasteiger partial charge on any atom is -0.481 e. The van der Waals surface area contributed by atoms with Crippen molar-refractivity contribution in [1.29, 1.82) is 0 Å². The molecular weight excluding hydrogens is 216 g/mol. The number of amides is 1. The van der Waals surface area contributed by atoms with Gasteiger partial charge >= 0.3 is 0 Å². The van der Waals surface area contributed by atoms with E-state index in [1.54, 1.807) is 18.2 Å². The number of hydrogen-bond acceptors (Lipinski definition) is 3. The largest absolute Gasteiger partial charge is 0.481 e. The van der Waals surface area contributed by atoms with Crippen molar-refractivity contribution in [2.45, 2.75) is 20.3 Å². The Kier molecular flexibility index (Phi) is 4.94. The second-order valence-electron chi connectivity index (χ2n) is 4.37. The molecule has 0 atom stereocenters. The summed E-state index contributed by atoms with van der Waals surface area (Å²) in [7, 11) is 3.43. The highest BCUT2D eigenvalue weighted by Crippen LogP contribution is 2.08. The summed E-state index contributed by atoms with van der Waals surface area (Å²) in [5, 5.41) is 0. The van der Waals surface area contributed by atoms with Gasteiger partial charge in [0, 0.05) is 31.8 Å². The van der Waals surface area contributed by atoms with Gasteiger partial charge in [0.2, 0.25) is 11.8 Å². The van der Waals surface area contributed by atoms with Gasteiger partial charge in [-0.25, -0.2) is 4.98 Å². The zero-order valence-electron chi connectivity index (χ0n) is 10.9. The number of rotatable bonds is 5. The molecule has 0 spiro atoms. The van der Waals surface area contributed by atoms with Gasteiger partial charge in [0.1, 0.15) is 0 Å². The highest BCUT2D eigenvalue weighted by Gasteiger charge is 2.12. The second-order valence-corrected chi connectivity index (χ2v) is 4.37. The Bertz CT molecular complexity index is 360. The summed E-state index contributed by atoms with van der Waals surface area (Å²) in [6.45, 7) is 4.53. The maximum Gasteiger partial charge on any atom is 0.224 e. The van der Waals surface area contributed by atoms with Crippen molar-refractivity contribution in [3.8, 4) is 5.88 Å². The van der Waals surface area contributed by atoms with Gasteiger partial charge in [0.05, 0.1) is 7.11 Å². The van der Waals surface area contributed by atoms with Gasteiger partial charge in [-0.1, -0.05) is 19.9 Å². The predicted octanol–water partition coefficient (Wildman–Crippen LogP) is 1.75. The summed E-state index contributed by atoms with van der Waals surface area (Å²) < 4.78 is 4.99. The number of methoxy groups -OCH3 is 1. The van der Waals surface area contributed by atoms with E-state index >= 15 is 0 Å². The Morgan fingerprint density at radius 2 is 2.18 bits per heavy atom. The van der Waals surface area contributed by atoms with Gasteiger partial charge in [-0.3, -0.25) is 4.79 Å². The molecule has 4 nitrogen and oxygen atoms in total. The molecule has 1 aromatic rings. The van der Waals surface area contributed by atoms with Gasteiger partial charge in [-0.05, 0) is 12.0 Å². The molecule has 0 aliphatic carbocycles. The number of aromatic nitrogens is 1. The molecule has 0 aromatic carbocycles. The van der Waals surface area contributed by atoms with Gasteiger partial charge in [0.15, 0.2) is 0 Å². The molecule has 0 fully saturated rings. The molecule has 0 aliphatic rings. The number of nitrogens with zero attached hydrogens (tertiary/aromatic N) is 2. The zero-order chi connectivity index (χ0) is 12.8. The van der Waals surface area contributed by atoms with Crippen LogP contribution in [0.2, 0.25) is 0 Å². The average molecular weight is 236 g/mol. The number of carbonyl (C=O) groups is 1. The summed E-state index contributed by atoms with van der Waals surface area (Å²) in [5.74, 6) is 0.834. The fourth-order valence-corrected chi connectivity index (χ4v) is 1.53. The first kappa shape index (κ1) is 13.5. The summed E-state index contributed by atoms with van der Waals surface area (Å²) in [5.41, 5.74) is 1.11. The number of hydrogen-bond donors (Lipinski definition) is 0. The normalized spacial score (nSPS) is 10.4. The third-order valence-corrected chi connectivity index (χ3v) is 2.61. The van der Waals surface area contributed by atoms with Crippen molar-refractivity contribution < 1.29 is 9.53 Å². The second kappa shape index (κ2) is 6.23. The molecule has 0 unspecified atom stereocenters. The fraction of sp³-hybridized carbons (Fsp3) is 0.538. The van der Waals surface area contributed by atoms with Crippen molar-refractivity contribution in [3.05, 3.63) is 23.9 Å². The van der Waals surface area contributed by atoms with Crippen LogP contribution in [-0.4, -0.2) is 36.5 Å². The minimum absolute atomic E-state index is 0.0500. The summed E-state index contributed by atoms with van der Waals surface area (Å²) in [6.07, 6.45) is 2.60. The Hall–Kier alpha value is -1.58. The monoisotopic (exact) mass is 236 g/mol. The Balaban J connectivity index is 2.47. The summed E-state index contributed by atoms with van der Waals surface area (Å²) in [4.78, 5) is 17.5. The summed E-state index contributed by atoms with van der Waals surface area (Å²) >= 11 is 0. The van der Waals surface area contributed by atoms with Crippen LogP contribution in [-0.2, 0) is 11.2 Å². The third kappa shape index (κ3) is 4.06. The van der Waals surface area contributed by atoms with Gasteiger partial charge in [-0.2, -0.15) is 0 Å². The number of ether oxygens (including phenoxy) is 1. The van der Waals surface area contributed by atoms with E-state index < -0.39 is 0 Å². The molecule has 1 rings (SSSR count). The fourth-order valence-electron chi connectivity index (χ4n) is 1.53. The Morgan fingerprint density at radius 3 is 2.65 bits per heavy atom. The molecule has 4 heteroatoms. The first-order chi connectivity index (χ1) is 8.04. The highest BCUT2D eigenvalue weighted by molar-refractivity contribution is 5.77. The van der Waals surface area contributed by atoms with E-state index in [0.717, 1.165) is 12.0 Å². The van der Waals surface area contributed by atoms with Crippen molar-refractivity contribution >= 4 is 5.91 Å². The van der Waals surface area contributed by atoms with Crippen molar-refractivity contribution in [3.63, 3.8) is 0 Å². The van der Waals surface area contributed by atoms with E-state index in [2.05, 4.69) is 4.98 Å². The van der Waals surface area contributed by atoms with Crippen LogP contribution in [0.25, 0.3) is 0 Å². The maximum atomic E-state index is 11.7. The molecule has 0 radical (unpaired) electrons. The lowest BCUT2D eigenvalue weighted by atomic mass is 10.1. The number of likely N-dealkylation sites (N-methyl/N-ethyl adjacent to an activating group) is 1. The molecule has 1 aromatic heterocycles. The van der Waals surface area contributed by atoms with Crippen LogP contribution in [0.15, 0.2) is 18.3 Å². The van der Waals surface area contributed by atoms with E-state index in [1.165, 1.54) is 0 Å². The number of pyridine rings is 1. The topological polar surface area (TPSA) is 42.4 Å². The highest BCUT2D eigenvalue weighted by atomic mass is 16.5. The lowest BCUT2D eigenvalue weighted by Gasteiger charge is -2.19. The molecule has 0 bridgehead atoms. The quantitative estimate of drug-likeness (QED) is 0.782. The van der Waals surface area contributed by atoms with Crippen LogP contribution >= 0.6 is 0 Å². The molecule has 1 heterocycles. The van der Waals surface area contributed by atoms with E-state index in [9.17, 15) is 4.79 Å². The molecule has 0 saturated heterocycles. The molecule has 94 valence electrons. The first-order valence-corrected chi connectivity index (χ1v) is 5.78. The standard InChI is InChI=1S/C13H20N2O2/c1-10(2)13(16)15(3)8-7-11-5-6-12(17-4)14-9-11/h5-6,9-10H,7-8H2,1-4H3. The van der Waals surface area contributed by atoms with E-state index in [-0.39, 0.29) is 11.8 Å². The lowest BCUT2D eigenvalue weighted by Crippen LogP contribution is -2.32. The van der Waals surface area contributed by atoms with Crippen LogP contribution in [0.3, 0.4) is 0 Å². The van der Waals surface area contributed by atoms with E-state index in [0.29, 0.717) is 12.4 Å². The lowest BCUT2D eigenvalue weighted by molar-refractivity contribution is -0.133. The molecule has 0 saturated carbocycles. The zero-order valence-corrected chi connectivity index (χ0v) is 10.9. The SMILES string of the molecule is COc1ccc(CCN(C)C(=O)C(C)C)cn1. The van der Waals surface area contributed by atoms with E-state index in [1.807, 2.05) is 33.0 Å². The van der Waals surface area contributed by atoms with Crippen molar-refractivity contribution in [2.24, 2.45) is 5.92 Å². The van der Waals surface area contributed by atoms with Gasteiger partial charge in [-0.15, -0.1) is 0 Å². The van der Waals surface area contributed by atoms with Crippen LogP contribution in [0, 0.1) is 5.92 Å². The van der Waals surface area contributed by atoms with Gasteiger partial charge < -0.3 is 9.64 Å². The molecule has 17 heavy (non-hydrogen) atoms. The average Bonchev–Trinajstić information content (AvgIpc) is 2.35.